The molecule has 1 heterocycles. The number of hydrogen-bond acceptors (Lipinski definition) is 3. The maximum Gasteiger partial charge on any atom is 0.146 e. The summed E-state index contributed by atoms with van der Waals surface area (Å²) < 4.78 is 13.9. The van der Waals surface area contributed by atoms with Crippen LogP contribution in [0.25, 0.3) is 0 Å². The molecule has 1 aliphatic rings. The standard InChI is InChI=1S/C12H17FN2S/c1-9(14)10-2-3-12(11(13)8-10)15-4-6-16-7-5-15/h2-3,8-9H,4-7,14H2,1H3. The number of nitrogens with two attached hydrogens (primary N) is 1. The molecule has 0 radical (unpaired) electrons. The molecule has 1 aliphatic heterocycles. The smallest absolute Gasteiger partial charge is 0.146 e. The number of thioether (sulfide) groups is 1. The average molecular weight is 240 g/mol. The van der Waals surface area contributed by atoms with Gasteiger partial charge in [0.15, 0.2) is 0 Å². The second-order valence-corrected chi connectivity index (χ2v) is 5.32. The van der Waals surface area contributed by atoms with Crippen molar-refractivity contribution in [2.75, 3.05) is 29.5 Å². The first-order valence-electron chi connectivity index (χ1n) is 5.56. The molecule has 0 bridgehead atoms. The lowest BCUT2D eigenvalue weighted by Crippen LogP contribution is -2.33. The molecule has 0 aliphatic carbocycles. The summed E-state index contributed by atoms with van der Waals surface area (Å²) in [5.41, 5.74) is 7.29. The van der Waals surface area contributed by atoms with E-state index in [2.05, 4.69) is 4.90 Å². The largest absolute Gasteiger partial charge is 0.368 e. The highest BCUT2D eigenvalue weighted by atomic mass is 32.2. The van der Waals surface area contributed by atoms with Gasteiger partial charge in [0.2, 0.25) is 0 Å². The minimum atomic E-state index is -0.151. The molecule has 1 atom stereocenters. The van der Waals surface area contributed by atoms with Gasteiger partial charge in [-0.2, -0.15) is 11.8 Å². The monoisotopic (exact) mass is 240 g/mol. The van der Waals surface area contributed by atoms with Crippen molar-refractivity contribution in [3.63, 3.8) is 0 Å². The number of nitrogens with zero attached hydrogens (tertiary/aromatic N) is 1. The van der Waals surface area contributed by atoms with E-state index in [1.807, 2.05) is 30.8 Å². The third-order valence-corrected chi connectivity index (χ3v) is 3.79. The molecular formula is C12H17FN2S. The van der Waals surface area contributed by atoms with Gasteiger partial charge in [0.25, 0.3) is 0 Å². The highest BCUT2D eigenvalue weighted by molar-refractivity contribution is 7.99. The van der Waals surface area contributed by atoms with Crippen molar-refractivity contribution in [3.8, 4) is 0 Å². The van der Waals surface area contributed by atoms with E-state index in [9.17, 15) is 4.39 Å². The third-order valence-electron chi connectivity index (χ3n) is 2.85. The van der Waals surface area contributed by atoms with Gasteiger partial charge in [-0.3, -0.25) is 0 Å². The van der Waals surface area contributed by atoms with Gasteiger partial charge in [-0.15, -0.1) is 0 Å². The van der Waals surface area contributed by atoms with Crippen LogP contribution in [0, 0.1) is 5.82 Å². The molecule has 0 aromatic heterocycles. The lowest BCUT2D eigenvalue weighted by molar-refractivity contribution is 0.614. The zero-order chi connectivity index (χ0) is 11.5. The van der Waals surface area contributed by atoms with Crippen LogP contribution >= 0.6 is 11.8 Å². The lowest BCUT2D eigenvalue weighted by Gasteiger charge is -2.29. The number of hydrogen-bond donors (Lipinski definition) is 1. The Morgan fingerprint density at radius 1 is 1.38 bits per heavy atom. The lowest BCUT2D eigenvalue weighted by atomic mass is 10.1. The summed E-state index contributed by atoms with van der Waals surface area (Å²) in [6.07, 6.45) is 0. The van der Waals surface area contributed by atoms with Crippen LogP contribution in [0.3, 0.4) is 0 Å². The Kier molecular flexibility index (Phi) is 3.71. The molecule has 88 valence electrons. The summed E-state index contributed by atoms with van der Waals surface area (Å²) in [6.45, 7) is 3.73. The molecule has 16 heavy (non-hydrogen) atoms. The predicted molar refractivity (Wildman–Crippen MR) is 68.5 cm³/mol. The fourth-order valence-corrected chi connectivity index (χ4v) is 2.77. The van der Waals surface area contributed by atoms with Crippen molar-refractivity contribution in [2.45, 2.75) is 13.0 Å². The van der Waals surface area contributed by atoms with E-state index in [0.29, 0.717) is 5.69 Å². The van der Waals surface area contributed by atoms with E-state index in [1.165, 1.54) is 0 Å². The quantitative estimate of drug-likeness (QED) is 0.860. The van der Waals surface area contributed by atoms with Crippen LogP contribution in [0.1, 0.15) is 18.5 Å². The Morgan fingerprint density at radius 2 is 2.06 bits per heavy atom. The van der Waals surface area contributed by atoms with Gasteiger partial charge >= 0.3 is 0 Å². The van der Waals surface area contributed by atoms with Gasteiger partial charge in [-0.1, -0.05) is 6.07 Å². The van der Waals surface area contributed by atoms with Gasteiger partial charge in [0, 0.05) is 30.6 Å². The fourth-order valence-electron chi connectivity index (χ4n) is 1.87. The topological polar surface area (TPSA) is 29.3 Å². The molecule has 4 heteroatoms. The van der Waals surface area contributed by atoms with Crippen LogP contribution in [0.4, 0.5) is 10.1 Å². The minimum absolute atomic E-state index is 0.111. The number of halogens is 1. The molecule has 1 unspecified atom stereocenters. The molecule has 2 rings (SSSR count). The number of benzene rings is 1. The van der Waals surface area contributed by atoms with Crippen molar-refractivity contribution < 1.29 is 4.39 Å². The fraction of sp³-hybridized carbons (Fsp3) is 0.500. The zero-order valence-corrected chi connectivity index (χ0v) is 10.3. The Balaban J connectivity index is 2.21. The van der Waals surface area contributed by atoms with E-state index in [-0.39, 0.29) is 11.9 Å². The molecule has 2 N–H and O–H groups in total. The van der Waals surface area contributed by atoms with E-state index in [4.69, 9.17) is 5.73 Å². The number of anilines is 1. The summed E-state index contributed by atoms with van der Waals surface area (Å²) in [5, 5.41) is 0. The molecule has 1 aromatic carbocycles. The maximum atomic E-state index is 13.9. The first-order chi connectivity index (χ1) is 7.68. The first-order valence-corrected chi connectivity index (χ1v) is 6.71. The Bertz CT molecular complexity index is 362. The van der Waals surface area contributed by atoms with Gasteiger partial charge < -0.3 is 10.6 Å². The van der Waals surface area contributed by atoms with Crippen molar-refractivity contribution in [3.05, 3.63) is 29.6 Å². The Labute approximate surface area is 100 Å². The van der Waals surface area contributed by atoms with Crippen LogP contribution in [0.5, 0.6) is 0 Å². The van der Waals surface area contributed by atoms with Crippen molar-refractivity contribution in [2.24, 2.45) is 5.73 Å². The molecular weight excluding hydrogens is 223 g/mol. The third kappa shape index (κ3) is 2.50. The molecule has 0 amide bonds. The van der Waals surface area contributed by atoms with Crippen molar-refractivity contribution in [1.82, 2.24) is 0 Å². The van der Waals surface area contributed by atoms with E-state index < -0.39 is 0 Å². The molecule has 0 spiro atoms. The Morgan fingerprint density at radius 3 is 2.62 bits per heavy atom. The molecule has 2 nitrogen and oxygen atoms in total. The summed E-state index contributed by atoms with van der Waals surface area (Å²) in [5.74, 6) is 2.00. The summed E-state index contributed by atoms with van der Waals surface area (Å²) in [7, 11) is 0. The second kappa shape index (κ2) is 5.06. The highest BCUT2D eigenvalue weighted by Crippen LogP contribution is 2.25. The van der Waals surface area contributed by atoms with Crippen LogP contribution in [-0.4, -0.2) is 24.6 Å². The molecule has 1 fully saturated rings. The minimum Gasteiger partial charge on any atom is -0.368 e. The van der Waals surface area contributed by atoms with Crippen LogP contribution < -0.4 is 10.6 Å². The first kappa shape index (κ1) is 11.7. The molecule has 1 aromatic rings. The zero-order valence-electron chi connectivity index (χ0n) is 9.45. The SMILES string of the molecule is CC(N)c1ccc(N2CCSCC2)c(F)c1. The van der Waals surface area contributed by atoms with Crippen LogP contribution in [0.2, 0.25) is 0 Å². The highest BCUT2D eigenvalue weighted by Gasteiger charge is 2.15. The van der Waals surface area contributed by atoms with Gasteiger partial charge in [-0.05, 0) is 24.6 Å². The van der Waals surface area contributed by atoms with Gasteiger partial charge in [-0.25, -0.2) is 4.39 Å². The van der Waals surface area contributed by atoms with E-state index in [1.54, 1.807) is 6.07 Å². The predicted octanol–water partition coefficient (Wildman–Crippen LogP) is 2.40. The van der Waals surface area contributed by atoms with Crippen LogP contribution in [-0.2, 0) is 0 Å². The summed E-state index contributed by atoms with van der Waals surface area (Å²) in [4.78, 5) is 2.11. The van der Waals surface area contributed by atoms with Gasteiger partial charge in [0.05, 0.1) is 5.69 Å². The summed E-state index contributed by atoms with van der Waals surface area (Å²) in [6, 6.07) is 5.22. The molecule has 1 saturated heterocycles. The Hall–Kier alpha value is -0.740. The van der Waals surface area contributed by atoms with E-state index >= 15 is 0 Å². The van der Waals surface area contributed by atoms with Gasteiger partial charge in [0.1, 0.15) is 5.82 Å². The van der Waals surface area contributed by atoms with Crippen molar-refractivity contribution >= 4 is 17.4 Å². The van der Waals surface area contributed by atoms with E-state index in [0.717, 1.165) is 30.2 Å². The second-order valence-electron chi connectivity index (χ2n) is 4.10. The maximum absolute atomic E-state index is 13.9. The van der Waals surface area contributed by atoms with Crippen LogP contribution in [0.15, 0.2) is 18.2 Å². The molecule has 0 saturated carbocycles. The van der Waals surface area contributed by atoms with Crippen molar-refractivity contribution in [1.29, 1.82) is 0 Å². The average Bonchev–Trinajstić information content (AvgIpc) is 2.30. The summed E-state index contributed by atoms with van der Waals surface area (Å²) >= 11 is 1.92. The number of rotatable bonds is 2. The normalized spacial score (nSPS) is 18.6.